The molecular formula is C13H13F4NO3. The smallest absolute Gasteiger partial charge is 0.406 e. The molecule has 2 atom stereocenters. The summed E-state index contributed by atoms with van der Waals surface area (Å²) in [4.78, 5) is 10.9. The van der Waals surface area contributed by atoms with E-state index in [1.807, 2.05) is 0 Å². The molecule has 21 heavy (non-hydrogen) atoms. The predicted octanol–water partition coefficient (Wildman–Crippen LogP) is 2.42. The topological polar surface area (TPSA) is 58.6 Å². The summed E-state index contributed by atoms with van der Waals surface area (Å²) < 4.78 is 57.8. The number of carboxylic acid groups (broad SMARTS) is 1. The zero-order valence-electron chi connectivity index (χ0n) is 11.0. The summed E-state index contributed by atoms with van der Waals surface area (Å²) in [6.45, 7) is 1.42. The molecule has 1 aliphatic heterocycles. The normalized spacial score (nSPS) is 23.1. The fraction of sp³-hybridized carbons (Fsp3) is 0.462. The summed E-state index contributed by atoms with van der Waals surface area (Å²) in [5.74, 6) is -2.54. The number of benzene rings is 1. The molecule has 2 N–H and O–H groups in total. The van der Waals surface area contributed by atoms with Crippen molar-refractivity contribution in [2.75, 3.05) is 13.2 Å². The minimum absolute atomic E-state index is 0.0371. The van der Waals surface area contributed by atoms with Crippen molar-refractivity contribution < 1.29 is 32.2 Å². The Morgan fingerprint density at radius 2 is 2.10 bits per heavy atom. The van der Waals surface area contributed by atoms with Gasteiger partial charge in [0, 0.05) is 6.54 Å². The van der Waals surface area contributed by atoms with Crippen LogP contribution in [-0.2, 0) is 4.74 Å². The van der Waals surface area contributed by atoms with Crippen LogP contribution in [0, 0.1) is 12.7 Å². The van der Waals surface area contributed by atoms with E-state index in [9.17, 15) is 22.4 Å². The summed E-state index contributed by atoms with van der Waals surface area (Å²) in [6.07, 6.45) is -5.96. The largest absolute Gasteiger partial charge is 0.478 e. The van der Waals surface area contributed by atoms with Crippen LogP contribution in [0.2, 0.25) is 0 Å². The second-order valence-corrected chi connectivity index (χ2v) is 4.76. The highest BCUT2D eigenvalue weighted by Crippen LogP contribution is 2.35. The third kappa shape index (κ3) is 3.16. The van der Waals surface area contributed by atoms with Crippen molar-refractivity contribution >= 4 is 5.97 Å². The minimum Gasteiger partial charge on any atom is -0.478 e. The molecule has 0 radical (unpaired) electrons. The molecule has 0 aromatic heterocycles. The maximum absolute atomic E-state index is 13.8. The fourth-order valence-corrected chi connectivity index (χ4v) is 2.39. The number of halogens is 4. The molecule has 2 unspecified atom stereocenters. The first-order valence-corrected chi connectivity index (χ1v) is 6.17. The lowest BCUT2D eigenvalue weighted by Gasteiger charge is -2.34. The Morgan fingerprint density at radius 1 is 1.43 bits per heavy atom. The van der Waals surface area contributed by atoms with Crippen LogP contribution in [0.15, 0.2) is 12.1 Å². The van der Waals surface area contributed by atoms with Crippen molar-refractivity contribution in [3.63, 3.8) is 0 Å². The van der Waals surface area contributed by atoms with Gasteiger partial charge in [-0.15, -0.1) is 0 Å². The van der Waals surface area contributed by atoms with E-state index in [2.05, 4.69) is 5.32 Å². The summed E-state index contributed by atoms with van der Waals surface area (Å²) in [5.41, 5.74) is -0.539. The van der Waals surface area contributed by atoms with Crippen LogP contribution in [0.25, 0.3) is 0 Å². The minimum atomic E-state index is -4.55. The van der Waals surface area contributed by atoms with E-state index in [4.69, 9.17) is 9.84 Å². The highest BCUT2D eigenvalue weighted by molar-refractivity contribution is 5.89. The van der Waals surface area contributed by atoms with Gasteiger partial charge in [0.2, 0.25) is 0 Å². The van der Waals surface area contributed by atoms with Crippen LogP contribution in [0.1, 0.15) is 27.6 Å². The molecule has 0 amide bonds. The van der Waals surface area contributed by atoms with Gasteiger partial charge in [-0.3, -0.25) is 0 Å². The number of hydrogen-bond donors (Lipinski definition) is 2. The molecule has 1 saturated heterocycles. The quantitative estimate of drug-likeness (QED) is 0.824. The number of nitrogens with one attached hydrogen (secondary N) is 1. The third-order valence-electron chi connectivity index (χ3n) is 3.27. The van der Waals surface area contributed by atoms with Gasteiger partial charge in [-0.25, -0.2) is 9.18 Å². The first-order valence-electron chi connectivity index (χ1n) is 6.17. The van der Waals surface area contributed by atoms with Crippen molar-refractivity contribution in [3.8, 4) is 0 Å². The summed E-state index contributed by atoms with van der Waals surface area (Å²) >= 11 is 0. The fourth-order valence-electron chi connectivity index (χ4n) is 2.39. The average molecular weight is 307 g/mol. The molecule has 1 aromatic carbocycles. The van der Waals surface area contributed by atoms with Crippen molar-refractivity contribution in [1.29, 1.82) is 0 Å². The van der Waals surface area contributed by atoms with E-state index >= 15 is 0 Å². The molecule has 0 aliphatic carbocycles. The molecule has 1 fully saturated rings. The zero-order chi connectivity index (χ0) is 15.8. The van der Waals surface area contributed by atoms with Crippen LogP contribution < -0.4 is 5.32 Å². The summed E-state index contributed by atoms with van der Waals surface area (Å²) in [6, 6.07) is 0.0382. The van der Waals surface area contributed by atoms with Crippen molar-refractivity contribution in [2.24, 2.45) is 0 Å². The first kappa shape index (κ1) is 15.7. The van der Waals surface area contributed by atoms with Gasteiger partial charge in [-0.05, 0) is 24.1 Å². The lowest BCUT2D eigenvalue weighted by atomic mass is 9.96. The lowest BCUT2D eigenvalue weighted by Crippen LogP contribution is -2.52. The van der Waals surface area contributed by atoms with Gasteiger partial charge in [0.05, 0.1) is 12.2 Å². The highest BCUT2D eigenvalue weighted by atomic mass is 19.4. The number of alkyl halides is 3. The number of aryl methyl sites for hydroxylation is 1. The number of carboxylic acids is 1. The molecule has 0 saturated carbocycles. The van der Waals surface area contributed by atoms with Gasteiger partial charge in [-0.1, -0.05) is 6.07 Å². The van der Waals surface area contributed by atoms with E-state index in [-0.39, 0.29) is 24.3 Å². The number of carbonyl (C=O) groups is 1. The molecule has 4 nitrogen and oxygen atoms in total. The van der Waals surface area contributed by atoms with Crippen molar-refractivity contribution in [1.82, 2.24) is 5.32 Å². The Bertz CT molecular complexity index is 536. The third-order valence-corrected chi connectivity index (χ3v) is 3.27. The molecule has 0 spiro atoms. The van der Waals surface area contributed by atoms with Crippen LogP contribution >= 0.6 is 0 Å². The van der Waals surface area contributed by atoms with Gasteiger partial charge in [0.15, 0.2) is 0 Å². The van der Waals surface area contributed by atoms with E-state index in [0.717, 1.165) is 6.07 Å². The van der Waals surface area contributed by atoms with Crippen molar-refractivity contribution in [2.45, 2.75) is 25.2 Å². The van der Waals surface area contributed by atoms with Gasteiger partial charge in [0.1, 0.15) is 18.0 Å². The Labute approximate surface area is 117 Å². The second kappa shape index (κ2) is 5.61. The summed E-state index contributed by atoms with van der Waals surface area (Å²) in [5, 5.41) is 11.2. The molecule has 116 valence electrons. The van der Waals surface area contributed by atoms with E-state index in [1.54, 1.807) is 0 Å². The van der Waals surface area contributed by atoms with Crippen LogP contribution in [-0.4, -0.2) is 36.4 Å². The van der Waals surface area contributed by atoms with Gasteiger partial charge in [-0.2, -0.15) is 13.2 Å². The molecule has 8 heteroatoms. The molecule has 1 aromatic rings. The Kier molecular flexibility index (Phi) is 4.20. The van der Waals surface area contributed by atoms with Gasteiger partial charge >= 0.3 is 12.1 Å². The predicted molar refractivity (Wildman–Crippen MR) is 64.6 cm³/mol. The standard InChI is InChI=1S/C13H13F4NO3/c1-6-4-7(5-8(14)9(6)12(19)20)10-11(13(15,16)17)18-2-3-21-10/h4-5,10-11,18H,2-3H2,1H3,(H,19,20). The van der Waals surface area contributed by atoms with Crippen molar-refractivity contribution in [3.05, 3.63) is 34.6 Å². The van der Waals surface area contributed by atoms with Gasteiger partial charge in [0.25, 0.3) is 0 Å². The molecule has 2 rings (SSSR count). The number of aromatic carboxylic acids is 1. The second-order valence-electron chi connectivity index (χ2n) is 4.76. The van der Waals surface area contributed by atoms with E-state index in [1.165, 1.54) is 13.0 Å². The van der Waals surface area contributed by atoms with Crippen LogP contribution in [0.5, 0.6) is 0 Å². The molecular weight excluding hydrogens is 294 g/mol. The number of ether oxygens (including phenoxy) is 1. The molecule has 1 aliphatic rings. The Morgan fingerprint density at radius 3 is 2.62 bits per heavy atom. The number of rotatable bonds is 2. The SMILES string of the molecule is Cc1cc(C2OCCNC2C(F)(F)F)cc(F)c1C(=O)O. The van der Waals surface area contributed by atoms with E-state index < -0.39 is 35.7 Å². The van der Waals surface area contributed by atoms with Crippen LogP contribution in [0.3, 0.4) is 0 Å². The molecule has 0 bridgehead atoms. The highest BCUT2D eigenvalue weighted by Gasteiger charge is 2.47. The number of morpholine rings is 1. The summed E-state index contributed by atoms with van der Waals surface area (Å²) in [7, 11) is 0. The Hall–Kier alpha value is -1.67. The first-order chi connectivity index (χ1) is 9.71. The maximum Gasteiger partial charge on any atom is 0.406 e. The molecule has 1 heterocycles. The maximum atomic E-state index is 13.8. The number of hydrogen-bond acceptors (Lipinski definition) is 3. The Balaban J connectivity index is 2.43. The van der Waals surface area contributed by atoms with Crippen LogP contribution in [0.4, 0.5) is 17.6 Å². The lowest BCUT2D eigenvalue weighted by molar-refractivity contribution is -0.197. The monoisotopic (exact) mass is 307 g/mol. The zero-order valence-corrected chi connectivity index (χ0v) is 11.0. The van der Waals surface area contributed by atoms with Gasteiger partial charge < -0.3 is 15.2 Å². The van der Waals surface area contributed by atoms with E-state index in [0.29, 0.717) is 0 Å². The average Bonchev–Trinajstić information content (AvgIpc) is 2.36.